The Labute approximate surface area is 149 Å². The molecule has 0 radical (unpaired) electrons. The van der Waals surface area contributed by atoms with E-state index in [1.165, 1.54) is 18.2 Å². The molecule has 0 spiro atoms. The molecule has 2 aromatic rings. The maximum Gasteiger partial charge on any atom is 0.418 e. The van der Waals surface area contributed by atoms with E-state index in [0.717, 1.165) is 31.7 Å². The minimum atomic E-state index is -4.51. The number of halogens is 3. The van der Waals surface area contributed by atoms with Crippen molar-refractivity contribution in [2.24, 2.45) is 0 Å². The fraction of sp³-hybridized carbons (Fsp3) is 0.444. The Morgan fingerprint density at radius 3 is 2.81 bits per heavy atom. The number of piperidine rings is 1. The molecule has 1 N–H and O–H groups in total. The van der Waals surface area contributed by atoms with Gasteiger partial charge in [0.25, 0.3) is 0 Å². The first-order valence-corrected chi connectivity index (χ1v) is 8.65. The van der Waals surface area contributed by atoms with Crippen molar-refractivity contribution < 1.29 is 18.0 Å². The van der Waals surface area contributed by atoms with Crippen molar-refractivity contribution in [2.45, 2.75) is 44.4 Å². The highest BCUT2D eigenvalue weighted by atomic mass is 19.4. The van der Waals surface area contributed by atoms with E-state index in [0.29, 0.717) is 13.1 Å². The first-order chi connectivity index (χ1) is 12.4. The summed E-state index contributed by atoms with van der Waals surface area (Å²) in [4.78, 5) is 18.3. The number of amides is 2. The van der Waals surface area contributed by atoms with E-state index in [2.05, 4.69) is 10.3 Å². The highest BCUT2D eigenvalue weighted by molar-refractivity contribution is 5.90. The van der Waals surface area contributed by atoms with Gasteiger partial charge in [-0.3, -0.25) is 0 Å². The van der Waals surface area contributed by atoms with E-state index in [1.807, 2.05) is 10.8 Å². The summed E-state index contributed by atoms with van der Waals surface area (Å²) in [6.45, 7) is 1.27. The normalized spacial score (nSPS) is 18.0. The molecule has 5 nitrogen and oxygen atoms in total. The molecule has 1 unspecified atom stereocenters. The Bertz CT molecular complexity index is 730. The van der Waals surface area contributed by atoms with E-state index >= 15 is 0 Å². The van der Waals surface area contributed by atoms with Gasteiger partial charge in [0.15, 0.2) is 0 Å². The highest BCUT2D eigenvalue weighted by Crippen LogP contribution is 2.35. The van der Waals surface area contributed by atoms with Crippen molar-refractivity contribution in [3.63, 3.8) is 0 Å². The lowest BCUT2D eigenvalue weighted by molar-refractivity contribution is -0.136. The number of hydrogen-bond donors (Lipinski definition) is 1. The number of carbonyl (C=O) groups excluding carboxylic acids is 1. The van der Waals surface area contributed by atoms with Crippen LogP contribution in [0, 0.1) is 0 Å². The number of para-hydroxylation sites is 1. The number of aromatic nitrogens is 2. The van der Waals surface area contributed by atoms with Gasteiger partial charge in [0.2, 0.25) is 0 Å². The van der Waals surface area contributed by atoms with Crippen LogP contribution in [0.25, 0.3) is 0 Å². The van der Waals surface area contributed by atoms with E-state index in [9.17, 15) is 18.0 Å². The van der Waals surface area contributed by atoms with Crippen LogP contribution in [-0.4, -0.2) is 33.1 Å². The minimum absolute atomic E-state index is 0.00389. The Hall–Kier alpha value is -2.51. The predicted molar refractivity (Wildman–Crippen MR) is 91.7 cm³/mol. The molecule has 0 bridgehead atoms. The molecular formula is C18H21F3N4O. The van der Waals surface area contributed by atoms with Crippen LogP contribution >= 0.6 is 0 Å². The van der Waals surface area contributed by atoms with E-state index in [-0.39, 0.29) is 11.7 Å². The standard InChI is InChI=1S/C18H21F3N4O/c19-18(20,21)15-6-1-2-7-16(15)23-17(26)25-10-4-3-5-14(25)8-11-24-12-9-22-13-24/h1-2,6-7,9,12-14H,3-5,8,10-11H2,(H,23,26). The Morgan fingerprint density at radius 1 is 1.27 bits per heavy atom. The average molecular weight is 366 g/mol. The van der Waals surface area contributed by atoms with Gasteiger partial charge in [-0.15, -0.1) is 0 Å². The van der Waals surface area contributed by atoms with Gasteiger partial charge in [-0.05, 0) is 37.8 Å². The smallest absolute Gasteiger partial charge is 0.337 e. The zero-order valence-electron chi connectivity index (χ0n) is 14.2. The summed E-state index contributed by atoms with van der Waals surface area (Å²) in [7, 11) is 0. The first kappa shape index (κ1) is 18.3. The highest BCUT2D eigenvalue weighted by Gasteiger charge is 2.34. The summed E-state index contributed by atoms with van der Waals surface area (Å²) in [6, 6.07) is 4.58. The molecule has 3 rings (SSSR count). The van der Waals surface area contributed by atoms with Gasteiger partial charge in [-0.25, -0.2) is 9.78 Å². The number of nitrogens with one attached hydrogen (secondary N) is 1. The number of alkyl halides is 3. The molecule has 1 fully saturated rings. The van der Waals surface area contributed by atoms with E-state index < -0.39 is 17.8 Å². The van der Waals surface area contributed by atoms with E-state index in [4.69, 9.17) is 0 Å². The minimum Gasteiger partial charge on any atom is -0.337 e. The summed E-state index contributed by atoms with van der Waals surface area (Å²) >= 11 is 0. The lowest BCUT2D eigenvalue weighted by atomic mass is 9.99. The molecule has 1 aromatic carbocycles. The van der Waals surface area contributed by atoms with Crippen LogP contribution in [0.2, 0.25) is 0 Å². The summed E-state index contributed by atoms with van der Waals surface area (Å²) in [5, 5.41) is 2.46. The number of likely N-dealkylation sites (tertiary alicyclic amines) is 1. The van der Waals surface area contributed by atoms with Gasteiger partial charge in [-0.2, -0.15) is 13.2 Å². The summed E-state index contributed by atoms with van der Waals surface area (Å²) in [6.07, 6.45) is 4.22. The summed E-state index contributed by atoms with van der Waals surface area (Å²) in [5.74, 6) is 0. The molecule has 1 saturated heterocycles. The number of urea groups is 1. The second kappa shape index (κ2) is 7.80. The molecule has 140 valence electrons. The topological polar surface area (TPSA) is 50.2 Å². The van der Waals surface area contributed by atoms with Crippen LogP contribution in [0.5, 0.6) is 0 Å². The van der Waals surface area contributed by atoms with Crippen molar-refractivity contribution in [3.05, 3.63) is 48.5 Å². The molecule has 1 aromatic heterocycles. The van der Waals surface area contributed by atoms with Crippen molar-refractivity contribution in [2.75, 3.05) is 11.9 Å². The Balaban J connectivity index is 1.69. The molecular weight excluding hydrogens is 345 g/mol. The number of anilines is 1. The van der Waals surface area contributed by atoms with Crippen LogP contribution in [0.3, 0.4) is 0 Å². The third-order valence-electron chi connectivity index (χ3n) is 4.64. The lowest BCUT2D eigenvalue weighted by Crippen LogP contribution is -2.46. The van der Waals surface area contributed by atoms with Crippen LogP contribution in [0.1, 0.15) is 31.2 Å². The monoisotopic (exact) mass is 366 g/mol. The number of imidazole rings is 1. The van der Waals surface area contributed by atoms with Crippen LogP contribution < -0.4 is 5.32 Å². The van der Waals surface area contributed by atoms with Gasteiger partial charge in [-0.1, -0.05) is 12.1 Å². The Morgan fingerprint density at radius 2 is 2.08 bits per heavy atom. The maximum absolute atomic E-state index is 13.1. The van der Waals surface area contributed by atoms with Crippen molar-refractivity contribution in [3.8, 4) is 0 Å². The average Bonchev–Trinajstić information content (AvgIpc) is 3.13. The van der Waals surface area contributed by atoms with Gasteiger partial charge in [0, 0.05) is 31.5 Å². The summed E-state index contributed by atoms with van der Waals surface area (Å²) in [5.41, 5.74) is -1.04. The van der Waals surface area contributed by atoms with Gasteiger partial charge in [0.1, 0.15) is 0 Å². The number of rotatable bonds is 4. The second-order valence-corrected chi connectivity index (χ2v) is 6.41. The third-order valence-corrected chi connectivity index (χ3v) is 4.64. The molecule has 1 atom stereocenters. The molecule has 2 heterocycles. The number of carbonyl (C=O) groups is 1. The predicted octanol–water partition coefficient (Wildman–Crippen LogP) is 4.38. The fourth-order valence-corrected chi connectivity index (χ4v) is 3.31. The number of aryl methyl sites for hydroxylation is 1. The van der Waals surface area contributed by atoms with Gasteiger partial charge in [0.05, 0.1) is 17.6 Å². The van der Waals surface area contributed by atoms with Crippen molar-refractivity contribution >= 4 is 11.7 Å². The largest absolute Gasteiger partial charge is 0.418 e. The van der Waals surface area contributed by atoms with Gasteiger partial charge >= 0.3 is 12.2 Å². The molecule has 8 heteroatoms. The van der Waals surface area contributed by atoms with Crippen LogP contribution in [0.4, 0.5) is 23.7 Å². The zero-order valence-corrected chi connectivity index (χ0v) is 14.2. The maximum atomic E-state index is 13.1. The lowest BCUT2D eigenvalue weighted by Gasteiger charge is -2.36. The fourth-order valence-electron chi connectivity index (χ4n) is 3.31. The molecule has 0 aliphatic carbocycles. The van der Waals surface area contributed by atoms with Crippen molar-refractivity contribution in [1.29, 1.82) is 0 Å². The number of nitrogens with zero attached hydrogens (tertiary/aromatic N) is 3. The number of benzene rings is 1. The number of hydrogen-bond acceptors (Lipinski definition) is 2. The molecule has 1 aliphatic heterocycles. The summed E-state index contributed by atoms with van der Waals surface area (Å²) < 4.78 is 41.3. The molecule has 1 aliphatic rings. The van der Waals surface area contributed by atoms with Crippen LogP contribution in [0.15, 0.2) is 43.0 Å². The Kier molecular flexibility index (Phi) is 5.49. The second-order valence-electron chi connectivity index (χ2n) is 6.41. The SMILES string of the molecule is O=C(Nc1ccccc1C(F)(F)F)N1CCCCC1CCn1ccnc1. The molecule has 0 saturated carbocycles. The molecule has 26 heavy (non-hydrogen) atoms. The zero-order chi connectivity index (χ0) is 18.6. The first-order valence-electron chi connectivity index (χ1n) is 8.65. The van der Waals surface area contributed by atoms with Crippen LogP contribution in [-0.2, 0) is 12.7 Å². The van der Waals surface area contributed by atoms with Crippen molar-refractivity contribution in [1.82, 2.24) is 14.5 Å². The quantitative estimate of drug-likeness (QED) is 0.873. The third kappa shape index (κ3) is 4.36. The van der Waals surface area contributed by atoms with Gasteiger partial charge < -0.3 is 14.8 Å². The van der Waals surface area contributed by atoms with E-state index in [1.54, 1.807) is 17.4 Å². The molecule has 2 amide bonds.